The van der Waals surface area contributed by atoms with Crippen LogP contribution in [0.2, 0.25) is 0 Å². The number of nitro benzene ring substituents is 1. The number of anilines is 2. The maximum Gasteiger partial charge on any atom is 0.288 e. The van der Waals surface area contributed by atoms with Crippen LogP contribution in [0.1, 0.15) is 22.9 Å². The van der Waals surface area contributed by atoms with Crippen molar-refractivity contribution < 1.29 is 4.92 Å². The lowest BCUT2D eigenvalue weighted by atomic mass is 9.95. The molecular formula is C13H10N8O3. The van der Waals surface area contributed by atoms with E-state index in [2.05, 4.69) is 31.0 Å². The van der Waals surface area contributed by atoms with Gasteiger partial charge in [-0.3, -0.25) is 14.9 Å². The van der Waals surface area contributed by atoms with Gasteiger partial charge in [0.25, 0.3) is 11.2 Å². The van der Waals surface area contributed by atoms with Crippen molar-refractivity contribution in [1.29, 1.82) is 0 Å². The fraction of sp³-hybridized carbons (Fsp3) is 0.154. The van der Waals surface area contributed by atoms with Gasteiger partial charge in [-0.2, -0.15) is 9.78 Å². The Hall–Kier alpha value is -3.63. The van der Waals surface area contributed by atoms with E-state index in [4.69, 9.17) is 0 Å². The van der Waals surface area contributed by atoms with Gasteiger partial charge in [0.2, 0.25) is 5.95 Å². The molecule has 0 fully saturated rings. The van der Waals surface area contributed by atoms with Gasteiger partial charge >= 0.3 is 0 Å². The van der Waals surface area contributed by atoms with Crippen LogP contribution in [-0.2, 0) is 0 Å². The van der Waals surface area contributed by atoms with Gasteiger partial charge in [0, 0.05) is 17.7 Å². The Morgan fingerprint density at radius 1 is 1.29 bits per heavy atom. The predicted molar refractivity (Wildman–Crippen MR) is 81.0 cm³/mol. The molecule has 0 radical (unpaired) electrons. The van der Waals surface area contributed by atoms with E-state index < -0.39 is 16.5 Å². The first kappa shape index (κ1) is 14.0. The number of rotatable bonds is 2. The topological polar surface area (TPSA) is 145 Å². The van der Waals surface area contributed by atoms with E-state index in [-0.39, 0.29) is 5.69 Å². The average molecular weight is 326 g/mol. The summed E-state index contributed by atoms with van der Waals surface area (Å²) in [7, 11) is 0. The van der Waals surface area contributed by atoms with E-state index in [0.717, 1.165) is 0 Å². The lowest BCUT2D eigenvalue weighted by molar-refractivity contribution is -0.384. The summed E-state index contributed by atoms with van der Waals surface area (Å²) < 4.78 is 1.51. The minimum atomic E-state index is -0.512. The van der Waals surface area contributed by atoms with Crippen molar-refractivity contribution >= 4 is 17.3 Å². The molecule has 1 aliphatic heterocycles. The quantitative estimate of drug-likeness (QED) is 0.404. The second-order valence-electron chi connectivity index (χ2n) is 5.25. The van der Waals surface area contributed by atoms with Crippen LogP contribution < -0.4 is 10.9 Å². The van der Waals surface area contributed by atoms with Gasteiger partial charge in [0.15, 0.2) is 0 Å². The molecule has 1 aromatic carbocycles. The Labute approximate surface area is 133 Å². The second kappa shape index (κ2) is 4.94. The van der Waals surface area contributed by atoms with Crippen LogP contribution in [0.3, 0.4) is 0 Å². The van der Waals surface area contributed by atoms with Crippen molar-refractivity contribution in [1.82, 2.24) is 30.4 Å². The number of aryl methyl sites for hydroxylation is 1. The van der Waals surface area contributed by atoms with Gasteiger partial charge in [0.1, 0.15) is 11.7 Å². The van der Waals surface area contributed by atoms with Crippen LogP contribution >= 0.6 is 0 Å². The molecule has 0 unspecified atom stereocenters. The molecule has 1 aliphatic rings. The zero-order chi connectivity index (χ0) is 16.8. The molecule has 24 heavy (non-hydrogen) atoms. The van der Waals surface area contributed by atoms with E-state index >= 15 is 0 Å². The van der Waals surface area contributed by atoms with Crippen LogP contribution in [-0.4, -0.2) is 35.3 Å². The van der Waals surface area contributed by atoms with Crippen molar-refractivity contribution in [3.05, 3.63) is 61.6 Å². The Morgan fingerprint density at radius 3 is 2.75 bits per heavy atom. The van der Waals surface area contributed by atoms with Crippen molar-refractivity contribution in [2.24, 2.45) is 0 Å². The molecule has 2 aromatic heterocycles. The minimum absolute atomic E-state index is 0.0226. The van der Waals surface area contributed by atoms with E-state index in [1.165, 1.54) is 16.8 Å². The van der Waals surface area contributed by atoms with Crippen LogP contribution in [0, 0.1) is 17.0 Å². The van der Waals surface area contributed by atoms with Crippen LogP contribution in [0.4, 0.5) is 17.3 Å². The highest BCUT2D eigenvalue weighted by molar-refractivity contribution is 5.64. The normalized spacial score (nSPS) is 15.3. The number of aromatic amines is 1. The number of non-ortho nitro benzene ring substituents is 1. The number of nitrogens with zero attached hydrogens (tertiary/aromatic N) is 6. The third-order valence-corrected chi connectivity index (χ3v) is 3.88. The summed E-state index contributed by atoms with van der Waals surface area (Å²) in [6.45, 7) is 1.75. The number of nitro groups is 1. The van der Waals surface area contributed by atoms with Gasteiger partial charge in [-0.25, -0.2) is 5.10 Å². The summed E-state index contributed by atoms with van der Waals surface area (Å²) in [6.07, 6.45) is 0. The van der Waals surface area contributed by atoms with E-state index in [1.807, 2.05) is 0 Å². The number of aromatic nitrogens is 6. The maximum absolute atomic E-state index is 12.1. The number of hydrogen-bond donors (Lipinski definition) is 2. The Morgan fingerprint density at radius 2 is 2.04 bits per heavy atom. The zero-order valence-corrected chi connectivity index (χ0v) is 12.3. The molecule has 120 valence electrons. The summed E-state index contributed by atoms with van der Waals surface area (Å²) in [6, 6.07) is 5.52. The lowest BCUT2D eigenvalue weighted by Gasteiger charge is -2.26. The smallest absolute Gasteiger partial charge is 0.288 e. The molecule has 11 nitrogen and oxygen atoms in total. The van der Waals surface area contributed by atoms with Crippen LogP contribution in [0.5, 0.6) is 0 Å². The first-order chi connectivity index (χ1) is 11.6. The van der Waals surface area contributed by atoms with E-state index in [1.54, 1.807) is 19.1 Å². The second-order valence-corrected chi connectivity index (χ2v) is 5.25. The van der Waals surface area contributed by atoms with Gasteiger partial charge in [-0.15, -0.1) is 0 Å². The summed E-state index contributed by atoms with van der Waals surface area (Å²) in [4.78, 5) is 22.5. The molecule has 0 saturated heterocycles. The molecule has 0 spiro atoms. The largest absolute Gasteiger partial charge is 0.318 e. The number of hydrogen-bond acceptors (Lipinski definition) is 8. The third-order valence-electron chi connectivity index (χ3n) is 3.88. The standard InChI is InChI=1S/C13H10N8O3/c1-6-9-10(12(22)16-15-6)14-13-17-18-19-20(13)11(9)7-2-4-8(5-3-7)21(23)24/h2-5,11H,1H3,(H,16,22)(H,14,17,19)/t11-/m1/s1. The molecule has 0 bridgehead atoms. The number of fused-ring (bicyclic) bond motifs is 2. The number of H-pyrrole nitrogens is 1. The summed E-state index contributed by atoms with van der Waals surface area (Å²) in [5.74, 6) is 0.307. The fourth-order valence-electron chi connectivity index (χ4n) is 2.78. The predicted octanol–water partition coefficient (Wildman–Crippen LogP) is 0.668. The third kappa shape index (κ3) is 1.95. The number of benzene rings is 1. The van der Waals surface area contributed by atoms with Gasteiger partial charge in [-0.05, 0) is 35.0 Å². The molecule has 11 heteroatoms. The van der Waals surface area contributed by atoms with Gasteiger partial charge in [0.05, 0.1) is 10.6 Å². The first-order valence-corrected chi connectivity index (χ1v) is 6.94. The van der Waals surface area contributed by atoms with Gasteiger partial charge in [-0.1, -0.05) is 5.10 Å². The Balaban J connectivity index is 1.95. The molecule has 1 atom stereocenters. The number of tetrazole rings is 1. The first-order valence-electron chi connectivity index (χ1n) is 6.94. The Kier molecular flexibility index (Phi) is 2.88. The SMILES string of the molecule is Cc1n[nH]c(=O)c2c1[C@@H](c1ccc([N+](=O)[O-])cc1)n1nnnc1N2. The van der Waals surface area contributed by atoms with Crippen molar-refractivity contribution in [3.63, 3.8) is 0 Å². The minimum Gasteiger partial charge on any atom is -0.318 e. The highest BCUT2D eigenvalue weighted by Crippen LogP contribution is 2.37. The molecule has 3 heterocycles. The van der Waals surface area contributed by atoms with Crippen molar-refractivity contribution in [2.45, 2.75) is 13.0 Å². The highest BCUT2D eigenvalue weighted by atomic mass is 16.6. The molecule has 2 N–H and O–H groups in total. The molecular weight excluding hydrogens is 316 g/mol. The highest BCUT2D eigenvalue weighted by Gasteiger charge is 2.32. The monoisotopic (exact) mass is 326 g/mol. The summed E-state index contributed by atoms with van der Waals surface area (Å²) in [5.41, 5.74) is 1.82. The summed E-state index contributed by atoms with van der Waals surface area (Å²) in [5, 5.41) is 31.6. The van der Waals surface area contributed by atoms with Gasteiger partial charge < -0.3 is 5.32 Å². The molecule has 0 aliphatic carbocycles. The molecule has 0 saturated carbocycles. The molecule has 3 aromatic rings. The molecule has 0 amide bonds. The average Bonchev–Trinajstić information content (AvgIpc) is 3.05. The fourth-order valence-corrected chi connectivity index (χ4v) is 2.78. The lowest BCUT2D eigenvalue weighted by Crippen LogP contribution is -2.29. The van der Waals surface area contributed by atoms with E-state index in [9.17, 15) is 14.9 Å². The Bertz CT molecular complexity index is 1010. The van der Waals surface area contributed by atoms with Crippen LogP contribution in [0.25, 0.3) is 0 Å². The summed E-state index contributed by atoms with van der Waals surface area (Å²) >= 11 is 0. The van der Waals surface area contributed by atoms with Crippen molar-refractivity contribution in [3.8, 4) is 0 Å². The maximum atomic E-state index is 12.1. The van der Waals surface area contributed by atoms with E-state index in [0.29, 0.717) is 28.5 Å². The molecule has 4 rings (SSSR count). The van der Waals surface area contributed by atoms with Crippen LogP contribution in [0.15, 0.2) is 29.1 Å². The number of nitrogens with one attached hydrogen (secondary N) is 2. The van der Waals surface area contributed by atoms with Crippen molar-refractivity contribution in [2.75, 3.05) is 5.32 Å². The zero-order valence-electron chi connectivity index (χ0n) is 12.3.